The minimum atomic E-state index is -0.531. The van der Waals surface area contributed by atoms with E-state index in [-0.39, 0.29) is 28.8 Å². The number of nitrogens with one attached hydrogen (secondary N) is 2. The molecular weight excluding hydrogens is 332 g/mol. The second-order valence-corrected chi connectivity index (χ2v) is 6.24. The number of thioether (sulfide) groups is 1. The quantitative estimate of drug-likeness (QED) is 0.358. The van der Waals surface area contributed by atoms with Crippen LogP contribution in [0.3, 0.4) is 0 Å². The van der Waals surface area contributed by atoms with Crippen LogP contribution in [0.15, 0.2) is 40.3 Å². The summed E-state index contributed by atoms with van der Waals surface area (Å²) in [5, 5.41) is 13.7. The number of nitro groups is 1. The van der Waals surface area contributed by atoms with Gasteiger partial charge in [-0.2, -0.15) is 0 Å². The number of anilines is 1. The van der Waals surface area contributed by atoms with Crippen molar-refractivity contribution in [2.24, 2.45) is 0 Å². The van der Waals surface area contributed by atoms with Crippen molar-refractivity contribution < 1.29 is 9.72 Å². The normalized spacial score (nSPS) is 10.6. The van der Waals surface area contributed by atoms with Gasteiger partial charge in [0.25, 0.3) is 11.2 Å². The van der Waals surface area contributed by atoms with Crippen molar-refractivity contribution in [3.8, 4) is 0 Å². The van der Waals surface area contributed by atoms with Gasteiger partial charge in [0.05, 0.1) is 16.4 Å². The number of carbonyl (C=O) groups excluding carboxylic acids is 1. The molecule has 1 aromatic carbocycles. The number of benzene rings is 1. The van der Waals surface area contributed by atoms with E-state index in [4.69, 9.17) is 0 Å². The second kappa shape index (κ2) is 7.73. The molecule has 0 fully saturated rings. The maximum absolute atomic E-state index is 11.9. The Bertz CT molecular complexity index is 819. The van der Waals surface area contributed by atoms with E-state index in [0.717, 1.165) is 11.8 Å². The summed E-state index contributed by atoms with van der Waals surface area (Å²) >= 11 is 1.09. The predicted molar refractivity (Wildman–Crippen MR) is 91.4 cm³/mol. The van der Waals surface area contributed by atoms with Crippen molar-refractivity contribution >= 4 is 29.0 Å². The van der Waals surface area contributed by atoms with Gasteiger partial charge >= 0.3 is 0 Å². The number of non-ortho nitro benzene ring substituents is 1. The summed E-state index contributed by atoms with van der Waals surface area (Å²) in [5.41, 5.74) is 0.624. The Hall–Kier alpha value is -2.68. The van der Waals surface area contributed by atoms with Crippen molar-refractivity contribution in [2.75, 3.05) is 11.1 Å². The zero-order valence-corrected chi connectivity index (χ0v) is 13.9. The molecule has 9 heteroatoms. The number of H-pyrrole nitrogens is 1. The lowest BCUT2D eigenvalue weighted by Gasteiger charge is -2.07. The molecule has 2 N–H and O–H groups in total. The van der Waals surface area contributed by atoms with Gasteiger partial charge in [-0.05, 0) is 12.0 Å². The average Bonchev–Trinajstić information content (AvgIpc) is 2.52. The Labute approximate surface area is 141 Å². The molecule has 1 amide bonds. The summed E-state index contributed by atoms with van der Waals surface area (Å²) in [5.74, 6) is -0.226. The highest BCUT2D eigenvalue weighted by molar-refractivity contribution is 7.99. The van der Waals surface area contributed by atoms with E-state index < -0.39 is 4.92 Å². The maximum Gasteiger partial charge on any atom is 0.271 e. The molecule has 0 aliphatic carbocycles. The molecule has 0 saturated carbocycles. The Kier molecular flexibility index (Phi) is 5.69. The van der Waals surface area contributed by atoms with Gasteiger partial charge in [0, 0.05) is 23.9 Å². The van der Waals surface area contributed by atoms with E-state index in [2.05, 4.69) is 15.3 Å². The van der Waals surface area contributed by atoms with Gasteiger partial charge in [-0.1, -0.05) is 31.7 Å². The number of hydrogen-bond acceptors (Lipinski definition) is 6. The number of aromatic amines is 1. The fraction of sp³-hybridized carbons (Fsp3) is 0.267. The third-order valence-corrected chi connectivity index (χ3v) is 3.89. The Morgan fingerprint density at radius 1 is 1.42 bits per heavy atom. The molecule has 1 heterocycles. The summed E-state index contributed by atoms with van der Waals surface area (Å²) in [6.07, 6.45) is 0. The SMILES string of the molecule is CC(C)c1cc(=O)[nH]c(SCC(=O)Nc2cccc([N+](=O)[O-])c2)n1. The Balaban J connectivity index is 2.00. The first kappa shape index (κ1) is 17.7. The van der Waals surface area contributed by atoms with Crippen molar-refractivity contribution in [1.82, 2.24) is 9.97 Å². The van der Waals surface area contributed by atoms with E-state index in [1.165, 1.54) is 24.3 Å². The van der Waals surface area contributed by atoms with Crippen LogP contribution >= 0.6 is 11.8 Å². The first-order valence-electron chi connectivity index (χ1n) is 7.13. The molecule has 0 radical (unpaired) electrons. The molecule has 0 aliphatic heterocycles. The summed E-state index contributed by atoms with van der Waals surface area (Å²) < 4.78 is 0. The molecule has 2 aromatic rings. The molecular formula is C15H16N4O4S. The molecule has 0 saturated heterocycles. The fourth-order valence-electron chi connectivity index (χ4n) is 1.85. The van der Waals surface area contributed by atoms with Crippen LogP contribution in [0.5, 0.6) is 0 Å². The van der Waals surface area contributed by atoms with Crippen LogP contribution in [-0.4, -0.2) is 26.6 Å². The highest BCUT2D eigenvalue weighted by Gasteiger charge is 2.10. The van der Waals surface area contributed by atoms with Crippen molar-refractivity contribution in [1.29, 1.82) is 0 Å². The van der Waals surface area contributed by atoms with Gasteiger partial charge in [0.1, 0.15) is 0 Å². The van der Waals surface area contributed by atoms with Gasteiger partial charge in [-0.15, -0.1) is 0 Å². The summed E-state index contributed by atoms with van der Waals surface area (Å²) in [6, 6.07) is 7.11. The molecule has 24 heavy (non-hydrogen) atoms. The smallest absolute Gasteiger partial charge is 0.271 e. The zero-order valence-electron chi connectivity index (χ0n) is 13.1. The van der Waals surface area contributed by atoms with Crippen molar-refractivity contribution in [3.05, 3.63) is 56.5 Å². The predicted octanol–water partition coefficient (Wildman–Crippen LogP) is 2.53. The first-order chi connectivity index (χ1) is 11.3. The van der Waals surface area contributed by atoms with Gasteiger partial charge < -0.3 is 10.3 Å². The van der Waals surface area contributed by atoms with Gasteiger partial charge in [0.2, 0.25) is 5.91 Å². The molecule has 0 bridgehead atoms. The summed E-state index contributed by atoms with van der Waals surface area (Å²) in [7, 11) is 0. The van der Waals surface area contributed by atoms with Crippen LogP contribution in [0.1, 0.15) is 25.5 Å². The lowest BCUT2D eigenvalue weighted by Crippen LogP contribution is -2.16. The largest absolute Gasteiger partial charge is 0.325 e. The van der Waals surface area contributed by atoms with Crippen LogP contribution in [0.4, 0.5) is 11.4 Å². The Morgan fingerprint density at radius 3 is 2.83 bits per heavy atom. The van der Waals surface area contributed by atoms with E-state index in [0.29, 0.717) is 16.5 Å². The summed E-state index contributed by atoms with van der Waals surface area (Å²) in [6.45, 7) is 3.84. The van der Waals surface area contributed by atoms with Crippen LogP contribution < -0.4 is 10.9 Å². The molecule has 0 unspecified atom stereocenters. The average molecular weight is 348 g/mol. The van der Waals surface area contributed by atoms with Crippen LogP contribution in [0, 0.1) is 10.1 Å². The minimum Gasteiger partial charge on any atom is -0.325 e. The highest BCUT2D eigenvalue weighted by Crippen LogP contribution is 2.19. The van der Waals surface area contributed by atoms with Crippen LogP contribution in [0.25, 0.3) is 0 Å². The van der Waals surface area contributed by atoms with E-state index in [1.54, 1.807) is 6.07 Å². The topological polar surface area (TPSA) is 118 Å². The molecule has 0 aliphatic rings. The van der Waals surface area contributed by atoms with E-state index in [9.17, 15) is 19.7 Å². The molecule has 0 spiro atoms. The molecule has 2 rings (SSSR count). The minimum absolute atomic E-state index is 0.0210. The number of aromatic nitrogens is 2. The fourth-order valence-corrected chi connectivity index (χ4v) is 2.53. The highest BCUT2D eigenvalue weighted by atomic mass is 32.2. The molecule has 1 aromatic heterocycles. The maximum atomic E-state index is 11.9. The Morgan fingerprint density at radius 2 is 2.17 bits per heavy atom. The number of rotatable bonds is 6. The monoisotopic (exact) mass is 348 g/mol. The number of carbonyl (C=O) groups is 1. The van der Waals surface area contributed by atoms with Gasteiger partial charge in [-0.25, -0.2) is 4.98 Å². The molecule has 126 valence electrons. The van der Waals surface area contributed by atoms with Crippen LogP contribution in [-0.2, 0) is 4.79 Å². The lowest BCUT2D eigenvalue weighted by atomic mass is 10.1. The van der Waals surface area contributed by atoms with Crippen molar-refractivity contribution in [3.63, 3.8) is 0 Å². The number of amides is 1. The third kappa shape index (κ3) is 4.92. The van der Waals surface area contributed by atoms with E-state index in [1.807, 2.05) is 13.8 Å². The van der Waals surface area contributed by atoms with Gasteiger partial charge in [-0.3, -0.25) is 19.7 Å². The molecule has 8 nitrogen and oxygen atoms in total. The third-order valence-electron chi connectivity index (χ3n) is 3.01. The standard InChI is InChI=1S/C15H16N4O4S/c1-9(2)12-7-13(20)18-15(17-12)24-8-14(21)16-10-4-3-5-11(6-10)19(22)23/h3-7,9H,8H2,1-2H3,(H,16,21)(H,17,18,20). The van der Waals surface area contributed by atoms with Crippen LogP contribution in [0.2, 0.25) is 0 Å². The van der Waals surface area contributed by atoms with Crippen molar-refractivity contribution in [2.45, 2.75) is 24.9 Å². The number of hydrogen-bond donors (Lipinski definition) is 2. The first-order valence-corrected chi connectivity index (χ1v) is 8.12. The van der Waals surface area contributed by atoms with Gasteiger partial charge in [0.15, 0.2) is 5.16 Å². The number of nitro benzene ring substituents is 1. The lowest BCUT2D eigenvalue weighted by molar-refractivity contribution is -0.384. The molecule has 0 atom stereocenters. The second-order valence-electron chi connectivity index (χ2n) is 5.27. The summed E-state index contributed by atoms with van der Waals surface area (Å²) in [4.78, 5) is 40.6. The van der Waals surface area contributed by atoms with E-state index >= 15 is 0 Å². The zero-order chi connectivity index (χ0) is 17.7. The number of nitrogens with zero attached hydrogens (tertiary/aromatic N) is 2.